The number of ether oxygens (including phenoxy) is 2. The number of anilines is 1. The SMILES string of the molecule is CN=C(NCc1ccc(N2CCOC(C)C2)nc1)NCC(C)(C)N1CCOCC1. The summed E-state index contributed by atoms with van der Waals surface area (Å²) in [6, 6.07) is 4.22. The predicted molar refractivity (Wildman–Crippen MR) is 117 cm³/mol. The summed E-state index contributed by atoms with van der Waals surface area (Å²) < 4.78 is 11.1. The second-order valence-electron chi connectivity index (χ2n) is 8.34. The van der Waals surface area contributed by atoms with Gasteiger partial charge in [-0.3, -0.25) is 9.89 Å². The molecule has 0 saturated carbocycles. The van der Waals surface area contributed by atoms with Crippen LogP contribution in [0.25, 0.3) is 0 Å². The first kappa shape index (κ1) is 21.8. The first-order chi connectivity index (χ1) is 14.0. The molecule has 0 aromatic carbocycles. The minimum atomic E-state index is 0.0416. The fourth-order valence-electron chi connectivity index (χ4n) is 3.72. The van der Waals surface area contributed by atoms with Crippen molar-refractivity contribution in [3.8, 4) is 0 Å². The summed E-state index contributed by atoms with van der Waals surface area (Å²) in [6.45, 7) is 14.2. The van der Waals surface area contributed by atoms with E-state index in [1.54, 1.807) is 7.05 Å². The van der Waals surface area contributed by atoms with Gasteiger partial charge in [-0.1, -0.05) is 6.07 Å². The average molecular weight is 405 g/mol. The molecule has 0 amide bonds. The quantitative estimate of drug-likeness (QED) is 0.543. The average Bonchev–Trinajstić information content (AvgIpc) is 2.75. The molecule has 0 aliphatic carbocycles. The zero-order valence-corrected chi connectivity index (χ0v) is 18.3. The molecular weight excluding hydrogens is 368 g/mol. The molecular formula is C21H36N6O2. The molecule has 1 atom stereocenters. The van der Waals surface area contributed by atoms with Gasteiger partial charge in [0, 0.05) is 58.1 Å². The van der Waals surface area contributed by atoms with Crippen LogP contribution in [0, 0.1) is 0 Å². The Morgan fingerprint density at radius 2 is 2.00 bits per heavy atom. The van der Waals surface area contributed by atoms with Gasteiger partial charge in [-0.25, -0.2) is 4.98 Å². The number of nitrogens with zero attached hydrogens (tertiary/aromatic N) is 4. The highest BCUT2D eigenvalue weighted by Crippen LogP contribution is 2.16. The molecule has 1 unspecified atom stereocenters. The summed E-state index contributed by atoms with van der Waals surface area (Å²) in [6.07, 6.45) is 2.19. The summed E-state index contributed by atoms with van der Waals surface area (Å²) in [7, 11) is 1.80. The molecule has 8 nitrogen and oxygen atoms in total. The number of morpholine rings is 2. The van der Waals surface area contributed by atoms with Crippen LogP contribution >= 0.6 is 0 Å². The lowest BCUT2D eigenvalue weighted by molar-refractivity contribution is -0.00834. The predicted octanol–water partition coefficient (Wildman–Crippen LogP) is 1.08. The first-order valence-electron chi connectivity index (χ1n) is 10.6. The third kappa shape index (κ3) is 6.29. The normalized spacial score (nSPS) is 21.9. The summed E-state index contributed by atoms with van der Waals surface area (Å²) in [4.78, 5) is 13.7. The molecule has 2 fully saturated rings. The third-order valence-corrected chi connectivity index (χ3v) is 5.61. The minimum Gasteiger partial charge on any atom is -0.379 e. The van der Waals surface area contributed by atoms with E-state index in [9.17, 15) is 0 Å². The molecule has 29 heavy (non-hydrogen) atoms. The second-order valence-corrected chi connectivity index (χ2v) is 8.34. The maximum absolute atomic E-state index is 5.61. The van der Waals surface area contributed by atoms with Gasteiger partial charge < -0.3 is 25.0 Å². The number of hydrogen-bond donors (Lipinski definition) is 2. The van der Waals surface area contributed by atoms with Crippen LogP contribution in [0.2, 0.25) is 0 Å². The van der Waals surface area contributed by atoms with Gasteiger partial charge in [-0.2, -0.15) is 0 Å². The number of pyridine rings is 1. The number of rotatable bonds is 6. The number of hydrogen-bond acceptors (Lipinski definition) is 6. The molecule has 1 aromatic heterocycles. The highest BCUT2D eigenvalue weighted by Gasteiger charge is 2.28. The van der Waals surface area contributed by atoms with Crippen molar-refractivity contribution in [3.63, 3.8) is 0 Å². The van der Waals surface area contributed by atoms with E-state index < -0.39 is 0 Å². The smallest absolute Gasteiger partial charge is 0.191 e. The molecule has 8 heteroatoms. The molecule has 1 aromatic rings. The Balaban J connectivity index is 1.46. The standard InChI is InChI=1S/C21H36N6O2/c1-17-15-26(7-12-29-17)19-6-5-18(13-23-19)14-24-20(22-4)25-16-21(2,3)27-8-10-28-11-9-27/h5-6,13,17H,7-12,14-16H2,1-4H3,(H2,22,24,25). The number of guanidine groups is 1. The van der Waals surface area contributed by atoms with Crippen molar-refractivity contribution in [2.75, 3.05) is 64.5 Å². The fraction of sp³-hybridized carbons (Fsp3) is 0.714. The van der Waals surface area contributed by atoms with Crippen molar-refractivity contribution in [1.82, 2.24) is 20.5 Å². The Bertz CT molecular complexity index is 658. The Morgan fingerprint density at radius 3 is 2.66 bits per heavy atom. The Morgan fingerprint density at radius 1 is 1.21 bits per heavy atom. The number of nitrogens with one attached hydrogen (secondary N) is 2. The lowest BCUT2D eigenvalue weighted by atomic mass is 10.0. The van der Waals surface area contributed by atoms with E-state index in [4.69, 9.17) is 9.47 Å². The summed E-state index contributed by atoms with van der Waals surface area (Å²) in [5.41, 5.74) is 1.17. The van der Waals surface area contributed by atoms with E-state index in [0.717, 1.165) is 69.9 Å². The molecule has 2 aliphatic rings. The number of aliphatic imine (C=N–C) groups is 1. The maximum Gasteiger partial charge on any atom is 0.191 e. The fourth-order valence-corrected chi connectivity index (χ4v) is 3.72. The molecule has 3 heterocycles. The van der Waals surface area contributed by atoms with Crippen LogP contribution in [0.15, 0.2) is 23.3 Å². The van der Waals surface area contributed by atoms with Gasteiger partial charge in [0.25, 0.3) is 0 Å². The Labute approximate surface area is 174 Å². The Hall–Kier alpha value is -1.90. The van der Waals surface area contributed by atoms with Crippen LogP contribution in [-0.2, 0) is 16.0 Å². The zero-order chi connectivity index (χ0) is 20.7. The van der Waals surface area contributed by atoms with Gasteiger partial charge in [0.2, 0.25) is 0 Å². The van der Waals surface area contributed by atoms with Crippen LogP contribution in [-0.4, -0.2) is 87.1 Å². The van der Waals surface area contributed by atoms with Crippen LogP contribution in [0.4, 0.5) is 5.82 Å². The Kier molecular flexibility index (Phi) is 7.69. The van der Waals surface area contributed by atoms with E-state index >= 15 is 0 Å². The van der Waals surface area contributed by atoms with Crippen molar-refractivity contribution in [3.05, 3.63) is 23.9 Å². The number of aromatic nitrogens is 1. The van der Waals surface area contributed by atoms with Gasteiger partial charge in [0.1, 0.15) is 5.82 Å². The highest BCUT2D eigenvalue weighted by atomic mass is 16.5. The van der Waals surface area contributed by atoms with Gasteiger partial charge in [-0.15, -0.1) is 0 Å². The minimum absolute atomic E-state index is 0.0416. The zero-order valence-electron chi connectivity index (χ0n) is 18.3. The molecule has 2 saturated heterocycles. The van der Waals surface area contributed by atoms with Crippen LogP contribution in [0.3, 0.4) is 0 Å². The molecule has 0 radical (unpaired) electrons. The molecule has 0 bridgehead atoms. The second kappa shape index (κ2) is 10.2. The topological polar surface area (TPSA) is 74.2 Å². The molecule has 0 spiro atoms. The van der Waals surface area contributed by atoms with Crippen molar-refractivity contribution in [2.45, 2.75) is 39.0 Å². The molecule has 2 N–H and O–H groups in total. The molecule has 162 valence electrons. The van der Waals surface area contributed by atoms with Crippen LogP contribution in [0.1, 0.15) is 26.3 Å². The van der Waals surface area contributed by atoms with Crippen LogP contribution < -0.4 is 15.5 Å². The van der Waals surface area contributed by atoms with E-state index in [1.165, 1.54) is 0 Å². The van der Waals surface area contributed by atoms with Crippen molar-refractivity contribution < 1.29 is 9.47 Å². The highest BCUT2D eigenvalue weighted by molar-refractivity contribution is 5.79. The van der Waals surface area contributed by atoms with E-state index in [0.29, 0.717) is 6.54 Å². The first-order valence-corrected chi connectivity index (χ1v) is 10.6. The molecule has 2 aliphatic heterocycles. The summed E-state index contributed by atoms with van der Waals surface area (Å²) >= 11 is 0. The third-order valence-electron chi connectivity index (χ3n) is 5.61. The van der Waals surface area contributed by atoms with Gasteiger partial charge >= 0.3 is 0 Å². The van der Waals surface area contributed by atoms with Gasteiger partial charge in [-0.05, 0) is 32.4 Å². The maximum atomic E-state index is 5.61. The van der Waals surface area contributed by atoms with Gasteiger partial charge in [0.15, 0.2) is 5.96 Å². The van der Waals surface area contributed by atoms with Crippen molar-refractivity contribution in [1.29, 1.82) is 0 Å². The van der Waals surface area contributed by atoms with E-state index in [-0.39, 0.29) is 11.6 Å². The largest absolute Gasteiger partial charge is 0.379 e. The van der Waals surface area contributed by atoms with Crippen LogP contribution in [0.5, 0.6) is 0 Å². The lowest BCUT2D eigenvalue weighted by Gasteiger charge is -2.41. The summed E-state index contributed by atoms with van der Waals surface area (Å²) in [5, 5.41) is 6.85. The van der Waals surface area contributed by atoms with E-state index in [1.807, 2.05) is 6.20 Å². The van der Waals surface area contributed by atoms with Crippen molar-refractivity contribution >= 4 is 11.8 Å². The van der Waals surface area contributed by atoms with Crippen molar-refractivity contribution in [2.24, 2.45) is 4.99 Å². The monoisotopic (exact) mass is 404 g/mol. The van der Waals surface area contributed by atoms with Gasteiger partial charge in [0.05, 0.1) is 25.9 Å². The summed E-state index contributed by atoms with van der Waals surface area (Å²) in [5.74, 6) is 1.82. The lowest BCUT2D eigenvalue weighted by Crippen LogP contribution is -2.56. The van der Waals surface area contributed by atoms with E-state index in [2.05, 4.69) is 63.3 Å². The molecule has 3 rings (SSSR count).